The molecular formula is C15H17FN2O. The van der Waals surface area contributed by atoms with E-state index < -0.39 is 0 Å². The van der Waals surface area contributed by atoms with E-state index in [4.69, 9.17) is 10.5 Å². The van der Waals surface area contributed by atoms with Crippen LogP contribution in [-0.2, 0) is 0 Å². The van der Waals surface area contributed by atoms with E-state index >= 15 is 0 Å². The normalized spacial score (nSPS) is 10.3. The molecule has 4 heteroatoms. The van der Waals surface area contributed by atoms with Crippen LogP contribution in [0.5, 0.6) is 5.75 Å². The average Bonchev–Trinajstić information content (AvgIpc) is 2.37. The lowest BCUT2D eigenvalue weighted by molar-refractivity contribution is 0.342. The van der Waals surface area contributed by atoms with Gasteiger partial charge < -0.3 is 15.8 Å². The number of nitrogens with one attached hydrogen (secondary N) is 1. The second-order valence-corrected chi connectivity index (χ2v) is 4.27. The molecule has 0 unspecified atom stereocenters. The molecule has 0 aliphatic carbocycles. The number of ether oxygens (including phenoxy) is 1. The number of hydrogen-bond donors (Lipinski definition) is 2. The van der Waals surface area contributed by atoms with Crippen LogP contribution in [0.3, 0.4) is 0 Å². The molecule has 0 amide bonds. The van der Waals surface area contributed by atoms with Gasteiger partial charge in [-0.15, -0.1) is 0 Å². The molecule has 0 spiro atoms. The Bertz CT molecular complexity index is 584. The summed E-state index contributed by atoms with van der Waals surface area (Å²) < 4.78 is 18.5. The van der Waals surface area contributed by atoms with Crippen molar-refractivity contribution >= 4 is 17.1 Å². The van der Waals surface area contributed by atoms with Crippen LogP contribution < -0.4 is 15.8 Å². The largest absolute Gasteiger partial charge is 0.492 e. The Kier molecular flexibility index (Phi) is 3.90. The predicted octanol–water partition coefficient (Wildman–Crippen LogP) is 3.86. The van der Waals surface area contributed by atoms with Crippen LogP contribution >= 0.6 is 0 Å². The molecule has 0 bridgehead atoms. The first-order chi connectivity index (χ1) is 9.10. The molecule has 0 aliphatic heterocycles. The van der Waals surface area contributed by atoms with E-state index in [1.54, 1.807) is 12.1 Å². The molecule has 0 atom stereocenters. The van der Waals surface area contributed by atoms with Crippen molar-refractivity contribution in [1.29, 1.82) is 0 Å². The third kappa shape index (κ3) is 3.16. The van der Waals surface area contributed by atoms with Gasteiger partial charge in [0.15, 0.2) is 0 Å². The van der Waals surface area contributed by atoms with E-state index in [0.29, 0.717) is 18.0 Å². The standard InChI is InChI=1S/C15H17FN2O/c1-3-19-15-9-12(5-6-13(15)17)18-14-7-4-11(16)8-10(14)2/h4-9,18H,3,17H2,1-2H3. The second-order valence-electron chi connectivity index (χ2n) is 4.27. The Morgan fingerprint density at radius 2 is 2.00 bits per heavy atom. The van der Waals surface area contributed by atoms with E-state index in [9.17, 15) is 4.39 Å². The number of rotatable bonds is 4. The highest BCUT2D eigenvalue weighted by Crippen LogP contribution is 2.28. The van der Waals surface area contributed by atoms with Crippen LogP contribution in [0.1, 0.15) is 12.5 Å². The average molecular weight is 260 g/mol. The topological polar surface area (TPSA) is 47.3 Å². The highest BCUT2D eigenvalue weighted by atomic mass is 19.1. The summed E-state index contributed by atoms with van der Waals surface area (Å²) in [6.07, 6.45) is 0. The minimum Gasteiger partial charge on any atom is -0.492 e. The Labute approximate surface area is 112 Å². The lowest BCUT2D eigenvalue weighted by Gasteiger charge is -2.12. The molecule has 0 aliphatic rings. The van der Waals surface area contributed by atoms with E-state index in [1.807, 2.05) is 26.0 Å². The quantitative estimate of drug-likeness (QED) is 0.821. The van der Waals surface area contributed by atoms with Crippen molar-refractivity contribution in [2.45, 2.75) is 13.8 Å². The molecule has 0 radical (unpaired) electrons. The lowest BCUT2D eigenvalue weighted by atomic mass is 10.2. The molecule has 2 aromatic carbocycles. The summed E-state index contributed by atoms with van der Waals surface area (Å²) in [4.78, 5) is 0. The summed E-state index contributed by atoms with van der Waals surface area (Å²) in [6.45, 7) is 4.32. The van der Waals surface area contributed by atoms with Crippen LogP contribution in [0.15, 0.2) is 36.4 Å². The molecule has 0 saturated carbocycles. The number of aryl methyl sites for hydroxylation is 1. The monoisotopic (exact) mass is 260 g/mol. The van der Waals surface area contributed by atoms with Crippen LogP contribution in [0, 0.1) is 12.7 Å². The highest BCUT2D eigenvalue weighted by Gasteiger charge is 2.04. The van der Waals surface area contributed by atoms with Crippen molar-refractivity contribution < 1.29 is 9.13 Å². The molecule has 0 saturated heterocycles. The van der Waals surface area contributed by atoms with Crippen molar-refractivity contribution in [3.05, 3.63) is 47.8 Å². The molecule has 3 N–H and O–H groups in total. The molecule has 3 nitrogen and oxygen atoms in total. The van der Waals surface area contributed by atoms with E-state index in [2.05, 4.69) is 5.32 Å². The van der Waals surface area contributed by atoms with Gasteiger partial charge in [-0.3, -0.25) is 0 Å². The molecule has 0 aromatic heterocycles. The first-order valence-corrected chi connectivity index (χ1v) is 6.15. The zero-order valence-electron chi connectivity index (χ0n) is 11.0. The lowest BCUT2D eigenvalue weighted by Crippen LogP contribution is -1.99. The number of benzene rings is 2. The minimum absolute atomic E-state index is 0.240. The second kappa shape index (κ2) is 5.61. The van der Waals surface area contributed by atoms with Crippen LogP contribution in [-0.4, -0.2) is 6.61 Å². The molecule has 0 fully saturated rings. The first-order valence-electron chi connectivity index (χ1n) is 6.15. The predicted molar refractivity (Wildman–Crippen MR) is 76.4 cm³/mol. The molecular weight excluding hydrogens is 243 g/mol. The smallest absolute Gasteiger partial charge is 0.144 e. The number of hydrogen-bond acceptors (Lipinski definition) is 3. The summed E-state index contributed by atoms with van der Waals surface area (Å²) in [7, 11) is 0. The van der Waals surface area contributed by atoms with E-state index in [-0.39, 0.29) is 5.82 Å². The van der Waals surface area contributed by atoms with Gasteiger partial charge in [0.2, 0.25) is 0 Å². The summed E-state index contributed by atoms with van der Waals surface area (Å²) >= 11 is 0. The molecule has 19 heavy (non-hydrogen) atoms. The van der Waals surface area contributed by atoms with Crippen molar-refractivity contribution in [2.75, 3.05) is 17.7 Å². The van der Waals surface area contributed by atoms with Gasteiger partial charge in [0, 0.05) is 17.4 Å². The van der Waals surface area contributed by atoms with Gasteiger partial charge in [-0.05, 0) is 49.7 Å². The van der Waals surface area contributed by atoms with Gasteiger partial charge in [0.1, 0.15) is 11.6 Å². The minimum atomic E-state index is -0.240. The molecule has 2 aromatic rings. The van der Waals surface area contributed by atoms with Gasteiger partial charge in [0.05, 0.1) is 12.3 Å². The van der Waals surface area contributed by atoms with Crippen molar-refractivity contribution in [1.82, 2.24) is 0 Å². The highest BCUT2D eigenvalue weighted by molar-refractivity contribution is 5.68. The first kappa shape index (κ1) is 13.2. The van der Waals surface area contributed by atoms with Crippen LogP contribution in [0.25, 0.3) is 0 Å². The van der Waals surface area contributed by atoms with Crippen molar-refractivity contribution in [2.24, 2.45) is 0 Å². The number of nitrogens with two attached hydrogens (primary N) is 1. The van der Waals surface area contributed by atoms with E-state index in [1.165, 1.54) is 12.1 Å². The zero-order valence-corrected chi connectivity index (χ0v) is 11.0. The Hall–Kier alpha value is -2.23. The molecule has 0 heterocycles. The zero-order chi connectivity index (χ0) is 13.8. The Morgan fingerprint density at radius 3 is 2.68 bits per heavy atom. The molecule has 100 valence electrons. The van der Waals surface area contributed by atoms with Gasteiger partial charge in [-0.2, -0.15) is 0 Å². The third-order valence-electron chi connectivity index (χ3n) is 2.78. The number of anilines is 3. The Morgan fingerprint density at radius 1 is 1.21 bits per heavy atom. The summed E-state index contributed by atoms with van der Waals surface area (Å²) in [5, 5.41) is 3.22. The fraction of sp³-hybridized carbons (Fsp3) is 0.200. The van der Waals surface area contributed by atoms with Gasteiger partial charge >= 0.3 is 0 Å². The van der Waals surface area contributed by atoms with Gasteiger partial charge in [-0.1, -0.05) is 0 Å². The van der Waals surface area contributed by atoms with Crippen molar-refractivity contribution in [3.8, 4) is 5.75 Å². The maximum absolute atomic E-state index is 13.0. The van der Waals surface area contributed by atoms with E-state index in [0.717, 1.165) is 16.9 Å². The van der Waals surface area contributed by atoms with Gasteiger partial charge in [-0.25, -0.2) is 4.39 Å². The number of halogens is 1. The summed E-state index contributed by atoms with van der Waals surface area (Å²) in [5.74, 6) is 0.405. The fourth-order valence-corrected chi connectivity index (χ4v) is 1.82. The SMILES string of the molecule is CCOc1cc(Nc2ccc(F)cc2C)ccc1N. The summed E-state index contributed by atoms with van der Waals surface area (Å²) in [6, 6.07) is 10.1. The third-order valence-corrected chi connectivity index (χ3v) is 2.78. The van der Waals surface area contributed by atoms with Crippen LogP contribution in [0.2, 0.25) is 0 Å². The van der Waals surface area contributed by atoms with Crippen molar-refractivity contribution in [3.63, 3.8) is 0 Å². The van der Waals surface area contributed by atoms with Crippen LogP contribution in [0.4, 0.5) is 21.5 Å². The summed E-state index contributed by atoms with van der Waals surface area (Å²) in [5.41, 5.74) is 8.97. The van der Waals surface area contributed by atoms with Gasteiger partial charge in [0.25, 0.3) is 0 Å². The Balaban J connectivity index is 2.25. The molecule has 2 rings (SSSR count). The number of nitrogen functional groups attached to an aromatic ring is 1. The maximum Gasteiger partial charge on any atom is 0.144 e. The fourth-order valence-electron chi connectivity index (χ4n) is 1.82. The maximum atomic E-state index is 13.0.